The number of amides is 1. The van der Waals surface area contributed by atoms with Crippen LogP contribution in [0, 0.1) is 5.82 Å². The van der Waals surface area contributed by atoms with Gasteiger partial charge in [0, 0.05) is 25.9 Å². The van der Waals surface area contributed by atoms with E-state index >= 15 is 0 Å². The molecular weight excluding hydrogens is 337 g/mol. The minimum absolute atomic E-state index is 0.104. The van der Waals surface area contributed by atoms with Gasteiger partial charge in [-0.05, 0) is 55.8 Å². The fraction of sp³-hybridized carbons (Fsp3) is 0.368. The topological polar surface area (TPSA) is 72.5 Å². The Bertz CT molecular complexity index is 729. The third-order valence-corrected chi connectivity index (χ3v) is 4.50. The first kappa shape index (κ1) is 18.3. The van der Waals surface area contributed by atoms with Crippen molar-refractivity contribution >= 4 is 5.91 Å². The molecule has 138 valence electrons. The lowest BCUT2D eigenvalue weighted by Crippen LogP contribution is -2.53. The Morgan fingerprint density at radius 3 is 2.58 bits per heavy atom. The first-order valence-corrected chi connectivity index (χ1v) is 8.54. The van der Waals surface area contributed by atoms with Crippen molar-refractivity contribution in [2.75, 3.05) is 20.2 Å². The largest absolute Gasteiger partial charge is 0.439 e. The third kappa shape index (κ3) is 4.36. The Kier molecular flexibility index (Phi) is 5.80. The zero-order valence-electron chi connectivity index (χ0n) is 14.6. The summed E-state index contributed by atoms with van der Waals surface area (Å²) in [5, 5.41) is 6.15. The molecule has 1 aliphatic heterocycles. The van der Waals surface area contributed by atoms with E-state index in [9.17, 15) is 9.18 Å². The molecule has 1 aromatic heterocycles. The summed E-state index contributed by atoms with van der Waals surface area (Å²) in [5.74, 6) is 0.485. The average Bonchev–Trinajstić information content (AvgIpc) is 2.69. The summed E-state index contributed by atoms with van der Waals surface area (Å²) in [6.45, 7) is 1.89. The van der Waals surface area contributed by atoms with Crippen LogP contribution >= 0.6 is 0 Å². The smallest absolute Gasteiger partial charge is 0.252 e. The van der Waals surface area contributed by atoms with Crippen molar-refractivity contribution in [2.24, 2.45) is 0 Å². The predicted octanol–water partition coefficient (Wildman–Crippen LogP) is 2.40. The van der Waals surface area contributed by atoms with Gasteiger partial charge in [-0.25, -0.2) is 9.37 Å². The van der Waals surface area contributed by atoms with Gasteiger partial charge in [-0.3, -0.25) is 4.79 Å². The molecule has 1 amide bonds. The molecular formula is C19H22FN3O3. The minimum atomic E-state index is -0.760. The van der Waals surface area contributed by atoms with Gasteiger partial charge >= 0.3 is 0 Å². The number of pyridine rings is 1. The highest BCUT2D eigenvalue weighted by molar-refractivity contribution is 5.85. The molecule has 0 aliphatic carbocycles. The second-order valence-corrected chi connectivity index (χ2v) is 6.19. The molecule has 0 radical (unpaired) electrons. The standard InChI is InChI=1S/C19H22FN3O3/c1-25-19(8-10-21-11-9-19)18(24)23-13-14-2-7-17(22-12-14)26-16-5-3-15(20)4-6-16/h2-7,12,21H,8-11,13H2,1H3,(H,23,24). The Hall–Kier alpha value is -2.51. The van der Waals surface area contributed by atoms with Crippen LogP contribution in [-0.4, -0.2) is 36.7 Å². The Morgan fingerprint density at radius 1 is 1.23 bits per heavy atom. The van der Waals surface area contributed by atoms with E-state index < -0.39 is 5.60 Å². The zero-order chi connectivity index (χ0) is 18.4. The highest BCUT2D eigenvalue weighted by Gasteiger charge is 2.39. The Morgan fingerprint density at radius 2 is 1.96 bits per heavy atom. The molecule has 2 N–H and O–H groups in total. The van der Waals surface area contributed by atoms with Crippen LogP contribution in [0.25, 0.3) is 0 Å². The molecule has 1 aromatic carbocycles. The molecule has 1 saturated heterocycles. The average molecular weight is 359 g/mol. The van der Waals surface area contributed by atoms with Crippen molar-refractivity contribution in [3.63, 3.8) is 0 Å². The highest BCUT2D eigenvalue weighted by atomic mass is 19.1. The lowest BCUT2D eigenvalue weighted by Gasteiger charge is -2.34. The van der Waals surface area contributed by atoms with E-state index in [0.717, 1.165) is 18.7 Å². The van der Waals surface area contributed by atoms with Crippen LogP contribution in [0.5, 0.6) is 11.6 Å². The van der Waals surface area contributed by atoms with Gasteiger partial charge in [-0.2, -0.15) is 0 Å². The molecule has 6 nitrogen and oxygen atoms in total. The van der Waals surface area contributed by atoms with Gasteiger partial charge in [0.1, 0.15) is 17.2 Å². The van der Waals surface area contributed by atoms with Crippen molar-refractivity contribution in [1.82, 2.24) is 15.6 Å². The number of hydrogen-bond donors (Lipinski definition) is 2. The van der Waals surface area contributed by atoms with Crippen molar-refractivity contribution in [2.45, 2.75) is 25.0 Å². The third-order valence-electron chi connectivity index (χ3n) is 4.50. The molecule has 2 heterocycles. The number of carbonyl (C=O) groups is 1. The highest BCUT2D eigenvalue weighted by Crippen LogP contribution is 2.23. The molecule has 1 fully saturated rings. The molecule has 0 atom stereocenters. The number of nitrogens with zero attached hydrogens (tertiary/aromatic N) is 1. The zero-order valence-corrected chi connectivity index (χ0v) is 14.6. The van der Waals surface area contributed by atoms with E-state index in [1.807, 2.05) is 6.07 Å². The van der Waals surface area contributed by atoms with E-state index in [4.69, 9.17) is 9.47 Å². The maximum absolute atomic E-state index is 12.9. The van der Waals surface area contributed by atoms with Crippen molar-refractivity contribution in [1.29, 1.82) is 0 Å². The monoisotopic (exact) mass is 359 g/mol. The number of methoxy groups -OCH3 is 1. The summed E-state index contributed by atoms with van der Waals surface area (Å²) < 4.78 is 24.0. The SMILES string of the molecule is COC1(C(=O)NCc2ccc(Oc3ccc(F)cc3)nc2)CCNCC1. The lowest BCUT2D eigenvalue weighted by atomic mass is 9.91. The van der Waals surface area contributed by atoms with Gasteiger partial charge < -0.3 is 20.1 Å². The summed E-state index contributed by atoms with van der Waals surface area (Å²) >= 11 is 0. The second-order valence-electron chi connectivity index (χ2n) is 6.19. The molecule has 1 aliphatic rings. The lowest BCUT2D eigenvalue weighted by molar-refractivity contribution is -0.146. The number of hydrogen-bond acceptors (Lipinski definition) is 5. The van der Waals surface area contributed by atoms with Crippen LogP contribution in [0.1, 0.15) is 18.4 Å². The first-order valence-electron chi connectivity index (χ1n) is 8.54. The van der Waals surface area contributed by atoms with Crippen LogP contribution < -0.4 is 15.4 Å². The molecule has 7 heteroatoms. The summed E-state index contributed by atoms with van der Waals surface area (Å²) in [5.41, 5.74) is 0.0922. The maximum Gasteiger partial charge on any atom is 0.252 e. The Balaban J connectivity index is 1.55. The fourth-order valence-corrected chi connectivity index (χ4v) is 2.90. The van der Waals surface area contributed by atoms with E-state index in [-0.39, 0.29) is 11.7 Å². The molecule has 0 bridgehead atoms. The molecule has 3 rings (SSSR count). The summed E-state index contributed by atoms with van der Waals surface area (Å²) in [7, 11) is 1.58. The fourth-order valence-electron chi connectivity index (χ4n) is 2.90. The number of benzene rings is 1. The Labute approximate surface area is 151 Å². The van der Waals surface area contributed by atoms with Gasteiger partial charge in [0.2, 0.25) is 5.88 Å². The summed E-state index contributed by atoms with van der Waals surface area (Å²) in [6, 6.07) is 9.26. The van der Waals surface area contributed by atoms with Gasteiger partial charge in [0.05, 0.1) is 0 Å². The normalized spacial score (nSPS) is 16.1. The van der Waals surface area contributed by atoms with Crippen LogP contribution in [-0.2, 0) is 16.1 Å². The van der Waals surface area contributed by atoms with Gasteiger partial charge in [-0.1, -0.05) is 6.07 Å². The van der Waals surface area contributed by atoms with Gasteiger partial charge in [0.15, 0.2) is 0 Å². The number of aromatic nitrogens is 1. The molecule has 0 saturated carbocycles. The summed E-state index contributed by atoms with van der Waals surface area (Å²) in [6.07, 6.45) is 2.94. The second kappa shape index (κ2) is 8.25. The summed E-state index contributed by atoms with van der Waals surface area (Å²) in [4.78, 5) is 16.7. The van der Waals surface area contributed by atoms with Gasteiger partial charge in [0.25, 0.3) is 5.91 Å². The number of halogens is 1. The number of rotatable bonds is 6. The number of piperidine rings is 1. The first-order chi connectivity index (χ1) is 12.6. The van der Waals surface area contributed by atoms with E-state index in [1.165, 1.54) is 24.3 Å². The minimum Gasteiger partial charge on any atom is -0.439 e. The van der Waals surface area contributed by atoms with Crippen molar-refractivity contribution in [3.05, 3.63) is 54.0 Å². The van der Waals surface area contributed by atoms with Gasteiger partial charge in [-0.15, -0.1) is 0 Å². The van der Waals surface area contributed by atoms with Crippen LogP contribution in [0.2, 0.25) is 0 Å². The molecule has 26 heavy (non-hydrogen) atoms. The van der Waals surface area contributed by atoms with E-state index in [2.05, 4.69) is 15.6 Å². The van der Waals surface area contributed by atoms with E-state index in [0.29, 0.717) is 31.0 Å². The van der Waals surface area contributed by atoms with Crippen LogP contribution in [0.3, 0.4) is 0 Å². The van der Waals surface area contributed by atoms with E-state index in [1.54, 1.807) is 19.4 Å². The predicted molar refractivity (Wildman–Crippen MR) is 94.4 cm³/mol. The van der Waals surface area contributed by atoms with Crippen LogP contribution in [0.4, 0.5) is 4.39 Å². The molecule has 0 spiro atoms. The maximum atomic E-state index is 12.9. The molecule has 2 aromatic rings. The number of ether oxygens (including phenoxy) is 2. The number of carbonyl (C=O) groups excluding carboxylic acids is 1. The quantitative estimate of drug-likeness (QED) is 0.829. The van der Waals surface area contributed by atoms with Crippen molar-refractivity contribution in [3.8, 4) is 11.6 Å². The number of nitrogens with one attached hydrogen (secondary N) is 2. The van der Waals surface area contributed by atoms with Crippen LogP contribution in [0.15, 0.2) is 42.6 Å². The molecule has 0 unspecified atom stereocenters. The van der Waals surface area contributed by atoms with Crippen molar-refractivity contribution < 1.29 is 18.7 Å².